The number of aliphatic carboxylic acids is 1. The van der Waals surface area contributed by atoms with E-state index in [2.05, 4.69) is 10.2 Å². The summed E-state index contributed by atoms with van der Waals surface area (Å²) in [6.45, 7) is 3.34. The number of amides is 1. The molecule has 0 spiro atoms. The number of nitrogens with zero attached hydrogens (tertiary/aromatic N) is 1. The highest BCUT2D eigenvalue weighted by Crippen LogP contribution is 2.32. The van der Waals surface area contributed by atoms with E-state index < -0.39 is 12.1 Å². The summed E-state index contributed by atoms with van der Waals surface area (Å²) >= 11 is 0. The Bertz CT molecular complexity index is 656. The SMILES string of the molecule is COCCN1C[C@H]2C[C@H](C(=O)Nc3ccccc3)[C@@H](C1)O2.O=C(O)C(F)(F)F. The maximum Gasteiger partial charge on any atom is 0.490 e. The number of carboxylic acids is 1. The van der Waals surface area contributed by atoms with Crippen molar-refractivity contribution in [3.05, 3.63) is 30.3 Å². The lowest BCUT2D eigenvalue weighted by atomic mass is 9.99. The topological polar surface area (TPSA) is 88.1 Å². The number of benzene rings is 1. The zero-order valence-corrected chi connectivity index (χ0v) is 15.3. The Hall–Kier alpha value is -2.17. The van der Waals surface area contributed by atoms with Crippen LogP contribution < -0.4 is 5.32 Å². The van der Waals surface area contributed by atoms with Crippen molar-refractivity contribution >= 4 is 17.6 Å². The number of ether oxygens (including phenoxy) is 2. The molecule has 0 unspecified atom stereocenters. The van der Waals surface area contributed by atoms with E-state index in [9.17, 15) is 18.0 Å². The third kappa shape index (κ3) is 6.47. The summed E-state index contributed by atoms with van der Waals surface area (Å²) in [6, 6.07) is 9.60. The van der Waals surface area contributed by atoms with Gasteiger partial charge in [-0.15, -0.1) is 0 Å². The Morgan fingerprint density at radius 1 is 1.29 bits per heavy atom. The Morgan fingerprint density at radius 2 is 1.93 bits per heavy atom. The van der Waals surface area contributed by atoms with Gasteiger partial charge in [0.25, 0.3) is 0 Å². The van der Waals surface area contributed by atoms with Crippen molar-refractivity contribution in [2.24, 2.45) is 5.92 Å². The summed E-state index contributed by atoms with van der Waals surface area (Å²) in [5.41, 5.74) is 0.847. The van der Waals surface area contributed by atoms with Crippen LogP contribution in [-0.4, -0.2) is 73.6 Å². The van der Waals surface area contributed by atoms with Gasteiger partial charge in [-0.2, -0.15) is 13.2 Å². The molecule has 7 nitrogen and oxygen atoms in total. The molecule has 10 heteroatoms. The van der Waals surface area contributed by atoms with Crippen molar-refractivity contribution in [3.63, 3.8) is 0 Å². The third-order valence-corrected chi connectivity index (χ3v) is 4.47. The van der Waals surface area contributed by atoms with Crippen LogP contribution in [0.3, 0.4) is 0 Å². The van der Waals surface area contributed by atoms with Crippen LogP contribution in [0, 0.1) is 5.92 Å². The number of likely N-dealkylation sites (tertiary alicyclic amines) is 1. The number of hydrogen-bond acceptors (Lipinski definition) is 5. The van der Waals surface area contributed by atoms with Crippen molar-refractivity contribution in [3.8, 4) is 0 Å². The van der Waals surface area contributed by atoms with Crippen LogP contribution in [0.25, 0.3) is 0 Å². The van der Waals surface area contributed by atoms with E-state index in [0.29, 0.717) is 0 Å². The minimum absolute atomic E-state index is 0.00400. The average Bonchev–Trinajstić information content (AvgIpc) is 2.94. The normalized spacial score (nSPS) is 24.2. The maximum atomic E-state index is 12.4. The second-order valence-corrected chi connectivity index (χ2v) is 6.55. The van der Waals surface area contributed by atoms with Crippen molar-refractivity contribution in [1.29, 1.82) is 0 Å². The Labute approximate surface area is 160 Å². The molecule has 0 saturated carbocycles. The van der Waals surface area contributed by atoms with Crippen LogP contribution in [0.15, 0.2) is 30.3 Å². The van der Waals surface area contributed by atoms with Crippen molar-refractivity contribution in [2.45, 2.75) is 24.8 Å². The molecule has 2 heterocycles. The van der Waals surface area contributed by atoms with E-state index in [1.54, 1.807) is 7.11 Å². The number of nitrogens with one attached hydrogen (secondary N) is 1. The molecule has 2 N–H and O–H groups in total. The maximum absolute atomic E-state index is 12.4. The van der Waals surface area contributed by atoms with E-state index in [1.807, 2.05) is 30.3 Å². The molecule has 2 aliphatic heterocycles. The summed E-state index contributed by atoms with van der Waals surface area (Å²) in [6.07, 6.45) is -4.09. The van der Waals surface area contributed by atoms with E-state index >= 15 is 0 Å². The van der Waals surface area contributed by atoms with Gasteiger partial charge in [0.15, 0.2) is 0 Å². The van der Waals surface area contributed by atoms with Gasteiger partial charge in [-0.3, -0.25) is 9.69 Å². The molecule has 28 heavy (non-hydrogen) atoms. The number of alkyl halides is 3. The molecule has 0 aromatic heterocycles. The summed E-state index contributed by atoms with van der Waals surface area (Å²) < 4.78 is 42.8. The predicted octanol–water partition coefficient (Wildman–Crippen LogP) is 1.99. The highest BCUT2D eigenvalue weighted by Gasteiger charge is 2.44. The highest BCUT2D eigenvalue weighted by atomic mass is 19.4. The van der Waals surface area contributed by atoms with E-state index in [-0.39, 0.29) is 24.0 Å². The van der Waals surface area contributed by atoms with Gasteiger partial charge in [-0.05, 0) is 18.6 Å². The number of anilines is 1. The Morgan fingerprint density at radius 3 is 2.50 bits per heavy atom. The standard InChI is InChI=1S/C16H22N2O3.C2HF3O2/c1-20-8-7-18-10-13-9-14(15(11-18)21-13)16(19)17-12-5-3-2-4-6-12;3-2(4,5)1(6)7/h2-6,13-15H,7-11H2,1H3,(H,17,19);(H,6,7)/t13-,14+,15-;/m1./s1. The van der Waals surface area contributed by atoms with Gasteiger partial charge in [0.1, 0.15) is 0 Å². The van der Waals surface area contributed by atoms with Crippen LogP contribution in [0.2, 0.25) is 0 Å². The van der Waals surface area contributed by atoms with Gasteiger partial charge in [0.05, 0.1) is 24.7 Å². The molecule has 3 atom stereocenters. The number of rotatable bonds is 5. The monoisotopic (exact) mass is 404 g/mol. The fraction of sp³-hybridized carbons (Fsp3) is 0.556. The molecule has 2 bridgehead atoms. The number of methoxy groups -OCH3 is 1. The molecule has 2 saturated heterocycles. The minimum atomic E-state index is -5.08. The predicted molar refractivity (Wildman–Crippen MR) is 93.8 cm³/mol. The van der Waals surface area contributed by atoms with Gasteiger partial charge in [0.2, 0.25) is 5.91 Å². The molecule has 0 radical (unpaired) electrons. The molecular formula is C18H23F3N2O5. The number of carbonyl (C=O) groups excluding carboxylic acids is 1. The van der Waals surface area contributed by atoms with Gasteiger partial charge in [-0.1, -0.05) is 18.2 Å². The number of carbonyl (C=O) groups is 2. The van der Waals surface area contributed by atoms with Crippen LogP contribution in [0.4, 0.5) is 18.9 Å². The first-order valence-electron chi connectivity index (χ1n) is 8.73. The minimum Gasteiger partial charge on any atom is -0.475 e. The van der Waals surface area contributed by atoms with Crippen LogP contribution in [0.1, 0.15) is 6.42 Å². The summed E-state index contributed by atoms with van der Waals surface area (Å²) in [5, 5.41) is 10.1. The fourth-order valence-corrected chi connectivity index (χ4v) is 3.17. The van der Waals surface area contributed by atoms with Crippen LogP contribution >= 0.6 is 0 Å². The number of morpholine rings is 1. The van der Waals surface area contributed by atoms with Crippen LogP contribution in [-0.2, 0) is 19.1 Å². The second kappa shape index (κ2) is 9.85. The number of para-hydroxylation sites is 1. The first kappa shape index (κ1) is 22.1. The van der Waals surface area contributed by atoms with E-state index in [1.165, 1.54) is 0 Å². The fourth-order valence-electron chi connectivity index (χ4n) is 3.17. The third-order valence-electron chi connectivity index (χ3n) is 4.47. The molecule has 3 rings (SSSR count). The van der Waals surface area contributed by atoms with E-state index in [0.717, 1.165) is 38.3 Å². The second-order valence-electron chi connectivity index (χ2n) is 6.55. The number of hydrogen-bond donors (Lipinski definition) is 2. The van der Waals surface area contributed by atoms with Gasteiger partial charge in [-0.25, -0.2) is 4.79 Å². The van der Waals surface area contributed by atoms with Crippen molar-refractivity contribution < 1.29 is 37.3 Å². The smallest absolute Gasteiger partial charge is 0.475 e. The number of carboxylic acid groups (broad SMARTS) is 1. The molecule has 156 valence electrons. The lowest BCUT2D eigenvalue weighted by Gasteiger charge is -2.32. The molecule has 1 aromatic rings. The zero-order chi connectivity index (χ0) is 20.7. The lowest BCUT2D eigenvalue weighted by Crippen LogP contribution is -2.45. The van der Waals surface area contributed by atoms with Gasteiger partial charge in [0, 0.05) is 32.4 Å². The molecule has 0 aliphatic carbocycles. The Balaban J connectivity index is 0.000000345. The quantitative estimate of drug-likeness (QED) is 0.781. The first-order chi connectivity index (χ1) is 13.2. The molecular weight excluding hydrogens is 381 g/mol. The highest BCUT2D eigenvalue weighted by molar-refractivity contribution is 5.93. The van der Waals surface area contributed by atoms with Crippen molar-refractivity contribution in [1.82, 2.24) is 4.90 Å². The molecule has 2 fully saturated rings. The average molecular weight is 404 g/mol. The summed E-state index contributed by atoms with van der Waals surface area (Å²) in [7, 11) is 1.71. The molecule has 1 aromatic carbocycles. The summed E-state index contributed by atoms with van der Waals surface area (Å²) in [5.74, 6) is -2.74. The number of halogens is 3. The lowest BCUT2D eigenvalue weighted by molar-refractivity contribution is -0.192. The number of fused-ring (bicyclic) bond motifs is 2. The van der Waals surface area contributed by atoms with Crippen LogP contribution in [0.5, 0.6) is 0 Å². The van der Waals surface area contributed by atoms with Gasteiger partial charge < -0.3 is 19.9 Å². The first-order valence-corrected chi connectivity index (χ1v) is 8.73. The van der Waals surface area contributed by atoms with Crippen molar-refractivity contribution in [2.75, 3.05) is 38.7 Å². The molecule has 1 amide bonds. The van der Waals surface area contributed by atoms with E-state index in [4.69, 9.17) is 19.4 Å². The van der Waals surface area contributed by atoms with Gasteiger partial charge >= 0.3 is 12.1 Å². The largest absolute Gasteiger partial charge is 0.490 e. The molecule has 2 aliphatic rings. The Kier molecular flexibility index (Phi) is 7.78. The zero-order valence-electron chi connectivity index (χ0n) is 15.3. The summed E-state index contributed by atoms with van der Waals surface area (Å²) in [4.78, 5) is 23.7.